The first-order valence-corrected chi connectivity index (χ1v) is 5.91. The highest BCUT2D eigenvalue weighted by molar-refractivity contribution is 9.10. The lowest BCUT2D eigenvalue weighted by Crippen LogP contribution is -2.81. The van der Waals surface area contributed by atoms with E-state index in [0.717, 1.165) is 4.47 Å². The fourth-order valence-corrected chi connectivity index (χ4v) is 2.78. The predicted octanol–water partition coefficient (Wildman–Crippen LogP) is 1.76. The highest BCUT2D eigenvalue weighted by Gasteiger charge is 2.20. The third-order valence-corrected chi connectivity index (χ3v) is 3.82. The van der Waals surface area contributed by atoms with Crippen LogP contribution in [-0.2, 0) is 0 Å². The predicted molar refractivity (Wildman–Crippen MR) is 56.1 cm³/mol. The van der Waals surface area contributed by atoms with Crippen LogP contribution in [0, 0.1) is 0 Å². The SMILES string of the molecule is Brc1ccc([C@H]2[NH2+]CCS2)cc1. The van der Waals surface area contributed by atoms with E-state index in [1.165, 1.54) is 17.9 Å². The monoisotopic (exact) mass is 244 g/mol. The lowest BCUT2D eigenvalue weighted by atomic mass is 10.2. The Balaban J connectivity index is 2.17. The summed E-state index contributed by atoms with van der Waals surface area (Å²) < 4.78 is 1.16. The van der Waals surface area contributed by atoms with Gasteiger partial charge in [-0.15, -0.1) is 0 Å². The standard InChI is InChI=1S/C9H10BrNS/c10-8-3-1-7(2-4-8)9-11-5-6-12-9/h1-4,9,11H,5-6H2/p+1/t9-/m0/s1. The highest BCUT2D eigenvalue weighted by atomic mass is 79.9. The third-order valence-electron chi connectivity index (χ3n) is 1.99. The molecule has 3 heteroatoms. The second-order valence-corrected chi connectivity index (χ2v) is 5.03. The molecule has 0 aromatic heterocycles. The number of quaternary nitrogens is 1. The quantitative estimate of drug-likeness (QED) is 0.797. The molecule has 1 saturated heterocycles. The number of nitrogens with two attached hydrogens (primary N) is 1. The van der Waals surface area contributed by atoms with E-state index in [1.807, 2.05) is 11.8 Å². The van der Waals surface area contributed by atoms with E-state index in [0.29, 0.717) is 5.37 Å². The summed E-state index contributed by atoms with van der Waals surface area (Å²) in [5.74, 6) is 1.28. The average molecular weight is 245 g/mol. The molecule has 1 fully saturated rings. The highest BCUT2D eigenvalue weighted by Crippen LogP contribution is 2.25. The van der Waals surface area contributed by atoms with Gasteiger partial charge in [-0.1, -0.05) is 39.8 Å². The second-order valence-electron chi connectivity index (χ2n) is 2.87. The van der Waals surface area contributed by atoms with Crippen molar-refractivity contribution in [3.63, 3.8) is 0 Å². The Morgan fingerprint density at radius 3 is 2.67 bits per heavy atom. The van der Waals surface area contributed by atoms with Crippen LogP contribution in [0.5, 0.6) is 0 Å². The smallest absolute Gasteiger partial charge is 0.159 e. The van der Waals surface area contributed by atoms with Gasteiger partial charge < -0.3 is 5.32 Å². The normalized spacial score (nSPS) is 22.9. The van der Waals surface area contributed by atoms with Crippen molar-refractivity contribution in [3.05, 3.63) is 34.3 Å². The first-order valence-electron chi connectivity index (χ1n) is 4.06. The summed E-state index contributed by atoms with van der Waals surface area (Å²) in [4.78, 5) is 0. The fourth-order valence-electron chi connectivity index (χ4n) is 1.37. The first kappa shape index (κ1) is 8.60. The molecule has 0 amide bonds. The number of rotatable bonds is 1. The van der Waals surface area contributed by atoms with Gasteiger partial charge in [-0.25, -0.2) is 0 Å². The maximum absolute atomic E-state index is 3.44. The van der Waals surface area contributed by atoms with Gasteiger partial charge in [0, 0.05) is 15.8 Å². The number of thioether (sulfide) groups is 1. The molecule has 1 heterocycles. The van der Waals surface area contributed by atoms with Crippen LogP contribution < -0.4 is 5.32 Å². The molecule has 1 nitrogen and oxygen atoms in total. The van der Waals surface area contributed by atoms with Crippen LogP contribution in [0.25, 0.3) is 0 Å². The second kappa shape index (κ2) is 3.81. The molecule has 1 aliphatic heterocycles. The van der Waals surface area contributed by atoms with Gasteiger partial charge in [0.1, 0.15) is 0 Å². The van der Waals surface area contributed by atoms with Gasteiger partial charge >= 0.3 is 0 Å². The van der Waals surface area contributed by atoms with Crippen molar-refractivity contribution in [1.29, 1.82) is 0 Å². The molecule has 1 aromatic carbocycles. The van der Waals surface area contributed by atoms with Gasteiger partial charge in [-0.2, -0.15) is 0 Å². The molecular formula is C9H11BrNS+. The number of halogens is 1. The van der Waals surface area contributed by atoms with Crippen LogP contribution >= 0.6 is 27.7 Å². The zero-order valence-electron chi connectivity index (χ0n) is 6.66. The summed E-state index contributed by atoms with van der Waals surface area (Å²) in [7, 11) is 0. The number of hydrogen-bond acceptors (Lipinski definition) is 1. The Bertz CT molecular complexity index is 254. The van der Waals surface area contributed by atoms with E-state index in [9.17, 15) is 0 Å². The summed E-state index contributed by atoms with van der Waals surface area (Å²) in [5, 5.41) is 3.03. The van der Waals surface area contributed by atoms with Crippen LogP contribution in [0.3, 0.4) is 0 Å². The minimum Gasteiger partial charge on any atom is -0.331 e. The van der Waals surface area contributed by atoms with Crippen molar-refractivity contribution in [2.24, 2.45) is 0 Å². The Morgan fingerprint density at radius 1 is 1.33 bits per heavy atom. The maximum Gasteiger partial charge on any atom is 0.159 e. The number of hydrogen-bond donors (Lipinski definition) is 1. The molecule has 2 rings (SSSR count). The Morgan fingerprint density at radius 2 is 2.08 bits per heavy atom. The Kier molecular flexibility index (Phi) is 2.73. The molecule has 1 atom stereocenters. The molecule has 0 saturated carbocycles. The summed E-state index contributed by atoms with van der Waals surface area (Å²) in [6.45, 7) is 1.26. The van der Waals surface area contributed by atoms with Crippen molar-refractivity contribution >= 4 is 27.7 Å². The van der Waals surface area contributed by atoms with Crippen LogP contribution in [0.1, 0.15) is 10.9 Å². The van der Waals surface area contributed by atoms with Crippen LogP contribution in [0.15, 0.2) is 28.7 Å². The van der Waals surface area contributed by atoms with Crippen molar-refractivity contribution in [2.45, 2.75) is 5.37 Å². The maximum atomic E-state index is 3.44. The van der Waals surface area contributed by atoms with E-state index in [-0.39, 0.29) is 0 Å². The largest absolute Gasteiger partial charge is 0.331 e. The molecule has 1 aliphatic rings. The zero-order valence-corrected chi connectivity index (χ0v) is 9.07. The molecule has 64 valence electrons. The third kappa shape index (κ3) is 1.84. The van der Waals surface area contributed by atoms with E-state index < -0.39 is 0 Å². The fraction of sp³-hybridized carbons (Fsp3) is 0.333. The molecule has 2 N–H and O–H groups in total. The molecule has 1 aromatic rings. The van der Waals surface area contributed by atoms with Gasteiger partial charge in [-0.05, 0) is 12.1 Å². The summed E-state index contributed by atoms with van der Waals surface area (Å²) >= 11 is 5.47. The van der Waals surface area contributed by atoms with Gasteiger partial charge in [0.05, 0.1) is 6.54 Å². The minimum absolute atomic E-state index is 0.637. The van der Waals surface area contributed by atoms with E-state index >= 15 is 0 Å². The molecule has 0 aliphatic carbocycles. The van der Waals surface area contributed by atoms with Crippen LogP contribution in [-0.4, -0.2) is 12.3 Å². The first-order chi connectivity index (χ1) is 5.86. The lowest BCUT2D eigenvalue weighted by Gasteiger charge is -2.05. The minimum atomic E-state index is 0.637. The summed E-state index contributed by atoms with van der Waals surface area (Å²) in [6, 6.07) is 8.62. The van der Waals surface area contributed by atoms with Gasteiger partial charge in [0.15, 0.2) is 5.37 Å². The molecule has 12 heavy (non-hydrogen) atoms. The van der Waals surface area contributed by atoms with Gasteiger partial charge in [0.2, 0.25) is 0 Å². The van der Waals surface area contributed by atoms with E-state index in [2.05, 4.69) is 45.5 Å². The average Bonchev–Trinajstić information content (AvgIpc) is 2.58. The molecule has 0 radical (unpaired) electrons. The van der Waals surface area contributed by atoms with E-state index in [4.69, 9.17) is 0 Å². The van der Waals surface area contributed by atoms with Crippen molar-refractivity contribution in [1.82, 2.24) is 0 Å². The topological polar surface area (TPSA) is 16.6 Å². The molecule has 0 unspecified atom stereocenters. The van der Waals surface area contributed by atoms with Gasteiger partial charge in [0.25, 0.3) is 0 Å². The Hall–Kier alpha value is 0.01000. The van der Waals surface area contributed by atoms with Crippen LogP contribution in [0.2, 0.25) is 0 Å². The van der Waals surface area contributed by atoms with Crippen molar-refractivity contribution in [3.8, 4) is 0 Å². The lowest BCUT2D eigenvalue weighted by molar-refractivity contribution is -0.663. The van der Waals surface area contributed by atoms with E-state index in [1.54, 1.807) is 0 Å². The molecule has 0 spiro atoms. The molecular weight excluding hydrogens is 234 g/mol. The van der Waals surface area contributed by atoms with Crippen LogP contribution in [0.4, 0.5) is 0 Å². The summed E-state index contributed by atoms with van der Waals surface area (Å²) in [6.07, 6.45) is 0. The number of benzene rings is 1. The Labute approximate surface area is 85.1 Å². The van der Waals surface area contributed by atoms with Crippen molar-refractivity contribution < 1.29 is 5.32 Å². The molecule has 0 bridgehead atoms. The van der Waals surface area contributed by atoms with Crippen molar-refractivity contribution in [2.75, 3.05) is 12.3 Å². The zero-order chi connectivity index (χ0) is 8.39. The van der Waals surface area contributed by atoms with Gasteiger partial charge in [-0.3, -0.25) is 0 Å². The summed E-state index contributed by atoms with van der Waals surface area (Å²) in [5.41, 5.74) is 1.43.